The summed E-state index contributed by atoms with van der Waals surface area (Å²) in [4.78, 5) is 14.5. The molecule has 2 atom stereocenters. The first-order chi connectivity index (χ1) is 12.6. The second-order valence-electron chi connectivity index (χ2n) is 7.26. The number of hydrogen-bond acceptors (Lipinski definition) is 3. The highest BCUT2D eigenvalue weighted by Gasteiger charge is 2.54. The fourth-order valence-corrected chi connectivity index (χ4v) is 3.92. The molecular formula is C22H28N2O2. The van der Waals surface area contributed by atoms with Gasteiger partial charge in [0.2, 0.25) is 0 Å². The molecule has 2 unspecified atom stereocenters. The van der Waals surface area contributed by atoms with Crippen LogP contribution in [0.5, 0.6) is 0 Å². The van der Waals surface area contributed by atoms with Crippen LogP contribution in [0.15, 0.2) is 60.7 Å². The Morgan fingerprint density at radius 3 is 1.88 bits per heavy atom. The average Bonchev–Trinajstić information content (AvgIpc) is 3.49. The quantitative estimate of drug-likeness (QED) is 0.729. The molecule has 1 fully saturated rings. The highest BCUT2D eigenvalue weighted by Crippen LogP contribution is 2.44. The Kier molecular flexibility index (Phi) is 5.74. The fraction of sp³-hybridized carbons (Fsp3) is 0.409. The summed E-state index contributed by atoms with van der Waals surface area (Å²) < 4.78 is 0. The molecule has 0 aromatic heterocycles. The molecule has 3 rings (SSSR count). The molecule has 0 aliphatic heterocycles. The van der Waals surface area contributed by atoms with Crippen molar-refractivity contribution in [1.29, 1.82) is 0 Å². The van der Waals surface area contributed by atoms with E-state index in [2.05, 4.69) is 29.2 Å². The SMILES string of the molecule is CCC(N(Cc1ccccc1)Cc1ccccc1)C(O)(C(N)=O)C1CC1. The zero-order valence-corrected chi connectivity index (χ0v) is 15.3. The number of amides is 1. The number of primary amides is 1. The lowest BCUT2D eigenvalue weighted by Gasteiger charge is -2.41. The minimum atomic E-state index is -1.47. The van der Waals surface area contributed by atoms with Crippen LogP contribution in [-0.4, -0.2) is 27.6 Å². The second kappa shape index (κ2) is 8.02. The number of nitrogens with two attached hydrogens (primary N) is 1. The highest BCUT2D eigenvalue weighted by atomic mass is 16.3. The molecule has 2 aromatic carbocycles. The third-order valence-electron chi connectivity index (χ3n) is 5.39. The van der Waals surface area contributed by atoms with Crippen LogP contribution in [0.3, 0.4) is 0 Å². The molecule has 0 bridgehead atoms. The Labute approximate surface area is 155 Å². The first-order valence-electron chi connectivity index (χ1n) is 9.39. The lowest BCUT2D eigenvalue weighted by Crippen LogP contribution is -2.60. The zero-order valence-electron chi connectivity index (χ0n) is 15.3. The summed E-state index contributed by atoms with van der Waals surface area (Å²) in [7, 11) is 0. The van der Waals surface area contributed by atoms with Gasteiger partial charge in [-0.15, -0.1) is 0 Å². The molecule has 4 heteroatoms. The number of carbonyl (C=O) groups is 1. The lowest BCUT2D eigenvalue weighted by molar-refractivity contribution is -0.149. The van der Waals surface area contributed by atoms with Crippen LogP contribution in [0, 0.1) is 5.92 Å². The Morgan fingerprint density at radius 1 is 1.08 bits per heavy atom. The van der Waals surface area contributed by atoms with E-state index in [0.717, 1.165) is 24.0 Å². The van der Waals surface area contributed by atoms with Crippen LogP contribution in [0.1, 0.15) is 37.3 Å². The standard InChI is InChI=1S/C22H28N2O2/c1-2-20(22(26,21(23)25)19-13-14-19)24(15-17-9-5-3-6-10-17)16-18-11-7-4-8-12-18/h3-12,19-20,26H,2,13-16H2,1H3,(H2,23,25). The summed E-state index contributed by atoms with van der Waals surface area (Å²) in [6, 6.07) is 20.0. The van der Waals surface area contributed by atoms with E-state index < -0.39 is 11.5 Å². The highest BCUT2D eigenvalue weighted by molar-refractivity contribution is 5.85. The number of carbonyl (C=O) groups excluding carboxylic acids is 1. The van der Waals surface area contributed by atoms with Gasteiger partial charge >= 0.3 is 0 Å². The average molecular weight is 352 g/mol. The molecule has 1 amide bonds. The predicted octanol–water partition coefficient (Wildman–Crippen LogP) is 3.09. The van der Waals surface area contributed by atoms with Gasteiger partial charge in [-0.05, 0) is 36.3 Å². The van der Waals surface area contributed by atoms with E-state index >= 15 is 0 Å². The van der Waals surface area contributed by atoms with Gasteiger partial charge in [-0.1, -0.05) is 67.6 Å². The van der Waals surface area contributed by atoms with Crippen molar-refractivity contribution < 1.29 is 9.90 Å². The maximum atomic E-state index is 12.3. The minimum Gasteiger partial charge on any atom is -0.378 e. The summed E-state index contributed by atoms with van der Waals surface area (Å²) in [5.41, 5.74) is 6.54. The zero-order chi connectivity index (χ0) is 18.6. The van der Waals surface area contributed by atoms with Crippen molar-refractivity contribution in [2.24, 2.45) is 11.7 Å². The number of hydrogen-bond donors (Lipinski definition) is 2. The van der Waals surface area contributed by atoms with Crippen LogP contribution in [0.25, 0.3) is 0 Å². The van der Waals surface area contributed by atoms with E-state index in [1.165, 1.54) is 0 Å². The van der Waals surface area contributed by atoms with Gasteiger partial charge in [0.25, 0.3) is 5.91 Å². The van der Waals surface area contributed by atoms with Gasteiger partial charge in [-0.25, -0.2) is 0 Å². The topological polar surface area (TPSA) is 66.6 Å². The summed E-state index contributed by atoms with van der Waals surface area (Å²) in [5.74, 6) is -0.628. The molecule has 138 valence electrons. The van der Waals surface area contributed by atoms with Crippen LogP contribution < -0.4 is 5.73 Å². The Bertz CT molecular complexity index is 674. The molecule has 4 nitrogen and oxygen atoms in total. The van der Waals surface area contributed by atoms with Crippen LogP contribution in [0.4, 0.5) is 0 Å². The van der Waals surface area contributed by atoms with E-state index in [0.29, 0.717) is 19.5 Å². The van der Waals surface area contributed by atoms with Crippen molar-refractivity contribution in [3.05, 3.63) is 71.8 Å². The molecule has 0 heterocycles. The van der Waals surface area contributed by atoms with Crippen LogP contribution >= 0.6 is 0 Å². The molecule has 3 N–H and O–H groups in total. The molecule has 1 aliphatic carbocycles. The van der Waals surface area contributed by atoms with Crippen molar-refractivity contribution in [2.45, 2.75) is 50.9 Å². The first kappa shape index (κ1) is 18.6. The number of benzene rings is 2. The van der Waals surface area contributed by atoms with Gasteiger partial charge in [0.05, 0.1) is 0 Å². The maximum Gasteiger partial charge on any atom is 0.251 e. The van der Waals surface area contributed by atoms with Crippen LogP contribution in [0.2, 0.25) is 0 Å². The molecule has 0 spiro atoms. The number of aliphatic hydroxyl groups is 1. The van der Waals surface area contributed by atoms with Crippen LogP contribution in [-0.2, 0) is 17.9 Å². The van der Waals surface area contributed by atoms with E-state index in [1.807, 2.05) is 43.3 Å². The second-order valence-corrected chi connectivity index (χ2v) is 7.26. The van der Waals surface area contributed by atoms with E-state index in [-0.39, 0.29) is 12.0 Å². The van der Waals surface area contributed by atoms with Gasteiger partial charge in [0.1, 0.15) is 0 Å². The molecule has 0 saturated heterocycles. The third-order valence-corrected chi connectivity index (χ3v) is 5.39. The fourth-order valence-electron chi connectivity index (χ4n) is 3.92. The molecular weight excluding hydrogens is 324 g/mol. The van der Waals surface area contributed by atoms with Gasteiger partial charge in [-0.2, -0.15) is 0 Å². The van der Waals surface area contributed by atoms with Gasteiger partial charge in [0, 0.05) is 19.1 Å². The summed E-state index contributed by atoms with van der Waals surface area (Å²) >= 11 is 0. The Balaban J connectivity index is 1.92. The summed E-state index contributed by atoms with van der Waals surface area (Å²) in [5, 5.41) is 11.3. The molecule has 26 heavy (non-hydrogen) atoms. The summed E-state index contributed by atoms with van der Waals surface area (Å²) in [6.07, 6.45) is 2.39. The van der Waals surface area contributed by atoms with Crippen molar-refractivity contribution in [1.82, 2.24) is 4.90 Å². The Hall–Kier alpha value is -2.17. The maximum absolute atomic E-state index is 12.3. The molecule has 1 saturated carbocycles. The predicted molar refractivity (Wildman–Crippen MR) is 103 cm³/mol. The monoisotopic (exact) mass is 352 g/mol. The third kappa shape index (κ3) is 3.97. The molecule has 2 aromatic rings. The van der Waals surface area contributed by atoms with Crippen molar-refractivity contribution >= 4 is 5.91 Å². The molecule has 0 radical (unpaired) electrons. The van der Waals surface area contributed by atoms with E-state index in [9.17, 15) is 9.90 Å². The minimum absolute atomic E-state index is 0.0287. The van der Waals surface area contributed by atoms with E-state index in [4.69, 9.17) is 5.73 Å². The number of rotatable bonds is 9. The van der Waals surface area contributed by atoms with Gasteiger partial charge < -0.3 is 10.8 Å². The van der Waals surface area contributed by atoms with E-state index in [1.54, 1.807) is 0 Å². The van der Waals surface area contributed by atoms with Gasteiger partial charge in [0.15, 0.2) is 5.60 Å². The first-order valence-corrected chi connectivity index (χ1v) is 9.39. The number of nitrogens with zero attached hydrogens (tertiary/aromatic N) is 1. The molecule has 1 aliphatic rings. The Morgan fingerprint density at radius 2 is 1.54 bits per heavy atom. The smallest absolute Gasteiger partial charge is 0.251 e. The normalized spacial score (nSPS) is 17.7. The van der Waals surface area contributed by atoms with Crippen molar-refractivity contribution in [3.8, 4) is 0 Å². The van der Waals surface area contributed by atoms with Gasteiger partial charge in [-0.3, -0.25) is 9.69 Å². The summed E-state index contributed by atoms with van der Waals surface area (Å²) in [6.45, 7) is 3.34. The van der Waals surface area contributed by atoms with Crippen molar-refractivity contribution in [3.63, 3.8) is 0 Å². The van der Waals surface area contributed by atoms with Crippen molar-refractivity contribution in [2.75, 3.05) is 0 Å². The largest absolute Gasteiger partial charge is 0.378 e. The lowest BCUT2D eigenvalue weighted by atomic mass is 9.84.